The van der Waals surface area contributed by atoms with Gasteiger partial charge in [0.2, 0.25) is 5.91 Å². The minimum Gasteiger partial charge on any atom is -0.494 e. The minimum atomic E-state index is -0.339. The summed E-state index contributed by atoms with van der Waals surface area (Å²) in [7, 11) is 0. The van der Waals surface area contributed by atoms with Crippen molar-refractivity contribution in [3.63, 3.8) is 0 Å². The van der Waals surface area contributed by atoms with Crippen LogP contribution < -0.4 is 15.5 Å². The maximum Gasteiger partial charge on any atom is 0.259 e. The molecule has 2 N–H and O–H groups in total. The van der Waals surface area contributed by atoms with Gasteiger partial charge >= 0.3 is 0 Å². The molecule has 0 aliphatic rings. The second-order valence-electron chi connectivity index (χ2n) is 7.21. The zero-order valence-corrected chi connectivity index (χ0v) is 18.0. The number of carbonyl (C=O) groups excluding carboxylic acids is 2. The molecule has 0 bridgehead atoms. The Bertz CT molecular complexity index is 600. The van der Waals surface area contributed by atoms with Gasteiger partial charge in [-0.2, -0.15) is 5.10 Å². The molecule has 0 fully saturated rings. The number of carbonyl (C=O) groups is 2. The molecule has 6 heteroatoms. The molecule has 1 aromatic carbocycles. The zero-order valence-electron chi connectivity index (χ0n) is 18.0. The molecule has 162 valence electrons. The van der Waals surface area contributed by atoms with Crippen LogP contribution in [0.3, 0.4) is 0 Å². The molecule has 0 aliphatic heterocycles. The van der Waals surface area contributed by atoms with Crippen molar-refractivity contribution in [2.75, 3.05) is 13.2 Å². The van der Waals surface area contributed by atoms with E-state index in [-0.39, 0.29) is 18.4 Å². The normalized spacial score (nSPS) is 10.8. The molecule has 2 amide bonds. The fraction of sp³-hybridized carbons (Fsp3) is 0.609. The summed E-state index contributed by atoms with van der Waals surface area (Å²) in [6, 6.07) is 7.51. The third-order valence-corrected chi connectivity index (χ3v) is 4.50. The molecule has 0 unspecified atom stereocenters. The Balaban J connectivity index is 2.12. The van der Waals surface area contributed by atoms with E-state index in [1.165, 1.54) is 32.1 Å². The lowest BCUT2D eigenvalue weighted by atomic mass is 10.1. The van der Waals surface area contributed by atoms with E-state index >= 15 is 0 Å². The van der Waals surface area contributed by atoms with E-state index in [2.05, 4.69) is 29.7 Å². The highest BCUT2D eigenvalue weighted by Crippen LogP contribution is 2.11. The van der Waals surface area contributed by atoms with Gasteiger partial charge in [-0.15, -0.1) is 0 Å². The molecule has 29 heavy (non-hydrogen) atoms. The highest BCUT2D eigenvalue weighted by molar-refractivity contribution is 5.86. The Hall–Kier alpha value is -2.37. The van der Waals surface area contributed by atoms with Crippen LogP contribution in [0.1, 0.15) is 83.6 Å². The second-order valence-corrected chi connectivity index (χ2v) is 7.21. The number of ether oxygens (including phenoxy) is 1. The summed E-state index contributed by atoms with van der Waals surface area (Å²) in [5.74, 6) is 0.397. The van der Waals surface area contributed by atoms with E-state index in [0.717, 1.165) is 37.0 Å². The van der Waals surface area contributed by atoms with E-state index in [4.69, 9.17) is 4.74 Å². The molecule has 1 rings (SSSR count). The molecule has 0 aliphatic carbocycles. The molecular weight excluding hydrogens is 366 g/mol. The lowest BCUT2D eigenvalue weighted by Gasteiger charge is -2.05. The molecular formula is C23H37N3O3. The molecule has 1 aromatic rings. The van der Waals surface area contributed by atoms with Gasteiger partial charge in [-0.1, -0.05) is 58.8 Å². The highest BCUT2D eigenvalue weighted by atomic mass is 16.5. The Labute approximate surface area is 175 Å². The van der Waals surface area contributed by atoms with E-state index in [9.17, 15) is 9.59 Å². The third kappa shape index (κ3) is 13.4. The van der Waals surface area contributed by atoms with Crippen LogP contribution in [-0.2, 0) is 9.59 Å². The molecule has 0 atom stereocenters. The van der Waals surface area contributed by atoms with Gasteiger partial charge in [0.1, 0.15) is 5.75 Å². The number of rotatable bonds is 16. The maximum absolute atomic E-state index is 11.8. The minimum absolute atomic E-state index is 0.0587. The number of amides is 2. The van der Waals surface area contributed by atoms with Crippen LogP contribution in [0.15, 0.2) is 29.4 Å². The molecule has 0 aromatic heterocycles. The van der Waals surface area contributed by atoms with Crippen molar-refractivity contribution in [1.82, 2.24) is 10.7 Å². The summed E-state index contributed by atoms with van der Waals surface area (Å²) in [4.78, 5) is 23.5. The van der Waals surface area contributed by atoms with Gasteiger partial charge in [-0.3, -0.25) is 9.59 Å². The van der Waals surface area contributed by atoms with Crippen molar-refractivity contribution >= 4 is 18.0 Å². The van der Waals surface area contributed by atoms with Crippen molar-refractivity contribution in [1.29, 1.82) is 0 Å². The van der Waals surface area contributed by atoms with Crippen molar-refractivity contribution in [3.05, 3.63) is 29.8 Å². The quantitative estimate of drug-likeness (QED) is 0.241. The van der Waals surface area contributed by atoms with Gasteiger partial charge in [0.15, 0.2) is 0 Å². The first-order chi connectivity index (χ1) is 14.2. The van der Waals surface area contributed by atoms with E-state index in [1.807, 2.05) is 24.3 Å². The molecule has 0 heterocycles. The Morgan fingerprint density at radius 2 is 1.55 bits per heavy atom. The highest BCUT2D eigenvalue weighted by Gasteiger charge is 2.04. The lowest BCUT2D eigenvalue weighted by Crippen LogP contribution is -2.34. The molecule has 6 nitrogen and oxygen atoms in total. The summed E-state index contributed by atoms with van der Waals surface area (Å²) in [5.41, 5.74) is 3.28. The summed E-state index contributed by atoms with van der Waals surface area (Å²) >= 11 is 0. The summed E-state index contributed by atoms with van der Waals surface area (Å²) in [6.45, 7) is 4.98. The lowest BCUT2D eigenvalue weighted by molar-refractivity contribution is -0.126. The van der Waals surface area contributed by atoms with Gasteiger partial charge < -0.3 is 10.1 Å². The second kappa shape index (κ2) is 16.6. The van der Waals surface area contributed by atoms with Gasteiger partial charge in [0.05, 0.1) is 19.4 Å². The fourth-order valence-corrected chi connectivity index (χ4v) is 2.71. The zero-order chi connectivity index (χ0) is 21.2. The summed E-state index contributed by atoms with van der Waals surface area (Å²) in [5, 5.41) is 6.55. The average molecular weight is 404 g/mol. The van der Waals surface area contributed by atoms with Crippen LogP contribution in [0.2, 0.25) is 0 Å². The standard InChI is InChI=1S/C23H37N3O3/c1-3-5-7-8-9-10-11-12-22(27)24-19-23(28)26-25-18-20-13-15-21(16-14-20)29-17-6-4-2/h13-16,18H,3-12,17,19H2,1-2H3,(H,24,27)(H,26,28)/b25-18+. The van der Waals surface area contributed by atoms with E-state index in [0.29, 0.717) is 13.0 Å². The molecule has 0 spiro atoms. The molecule has 0 saturated carbocycles. The predicted octanol–water partition coefficient (Wildman–Crippen LogP) is 4.57. The van der Waals surface area contributed by atoms with Crippen LogP contribution in [0.25, 0.3) is 0 Å². The number of hydrazone groups is 1. The number of benzene rings is 1. The molecule has 0 saturated heterocycles. The Morgan fingerprint density at radius 1 is 0.897 bits per heavy atom. The van der Waals surface area contributed by atoms with Crippen molar-refractivity contribution < 1.29 is 14.3 Å². The largest absolute Gasteiger partial charge is 0.494 e. The Morgan fingerprint density at radius 3 is 2.24 bits per heavy atom. The third-order valence-electron chi connectivity index (χ3n) is 4.50. The van der Waals surface area contributed by atoms with Crippen molar-refractivity contribution in [2.24, 2.45) is 5.10 Å². The first-order valence-corrected chi connectivity index (χ1v) is 11.0. The fourth-order valence-electron chi connectivity index (χ4n) is 2.71. The first kappa shape index (κ1) is 24.7. The number of hydrogen-bond acceptors (Lipinski definition) is 4. The monoisotopic (exact) mass is 403 g/mol. The first-order valence-electron chi connectivity index (χ1n) is 11.0. The number of hydrogen-bond donors (Lipinski definition) is 2. The van der Waals surface area contributed by atoms with Crippen LogP contribution >= 0.6 is 0 Å². The predicted molar refractivity (Wildman–Crippen MR) is 118 cm³/mol. The Kier molecular flexibility index (Phi) is 14.1. The van der Waals surface area contributed by atoms with Crippen LogP contribution in [-0.4, -0.2) is 31.2 Å². The van der Waals surface area contributed by atoms with Crippen LogP contribution in [0, 0.1) is 0 Å². The summed E-state index contributed by atoms with van der Waals surface area (Å²) in [6.07, 6.45) is 12.3. The van der Waals surface area contributed by atoms with Gasteiger partial charge in [0, 0.05) is 6.42 Å². The number of unbranched alkanes of at least 4 members (excludes halogenated alkanes) is 7. The SMILES string of the molecule is CCCCCCCCCC(=O)NCC(=O)N/N=C/c1ccc(OCCCC)cc1. The molecule has 0 radical (unpaired) electrons. The van der Waals surface area contributed by atoms with Crippen LogP contribution in [0.4, 0.5) is 0 Å². The van der Waals surface area contributed by atoms with E-state index in [1.54, 1.807) is 6.21 Å². The average Bonchev–Trinajstić information content (AvgIpc) is 2.73. The maximum atomic E-state index is 11.8. The van der Waals surface area contributed by atoms with Gasteiger partial charge in [0.25, 0.3) is 5.91 Å². The van der Waals surface area contributed by atoms with E-state index < -0.39 is 0 Å². The number of nitrogens with zero attached hydrogens (tertiary/aromatic N) is 1. The van der Waals surface area contributed by atoms with Crippen molar-refractivity contribution in [2.45, 2.75) is 78.1 Å². The van der Waals surface area contributed by atoms with Crippen LogP contribution in [0.5, 0.6) is 5.75 Å². The van der Waals surface area contributed by atoms with Gasteiger partial charge in [-0.25, -0.2) is 5.43 Å². The van der Waals surface area contributed by atoms with Gasteiger partial charge in [-0.05, 0) is 42.7 Å². The summed E-state index contributed by atoms with van der Waals surface area (Å²) < 4.78 is 5.60. The topological polar surface area (TPSA) is 79.8 Å². The van der Waals surface area contributed by atoms with Crippen molar-refractivity contribution in [3.8, 4) is 5.75 Å². The number of nitrogens with one attached hydrogen (secondary N) is 2. The smallest absolute Gasteiger partial charge is 0.259 e.